The van der Waals surface area contributed by atoms with Gasteiger partial charge in [0.2, 0.25) is 0 Å². The molecule has 3 N–H and O–H groups in total. The summed E-state index contributed by atoms with van der Waals surface area (Å²) in [4.78, 5) is 0. The minimum absolute atomic E-state index is 0.0190. The van der Waals surface area contributed by atoms with Crippen LogP contribution in [0.25, 0.3) is 0 Å². The number of hydrogen-bond acceptors (Lipinski definition) is 5. The van der Waals surface area contributed by atoms with Crippen molar-refractivity contribution in [2.24, 2.45) is 5.84 Å². The first-order valence-corrected chi connectivity index (χ1v) is 6.70. The Labute approximate surface area is 121 Å². The van der Waals surface area contributed by atoms with Crippen LogP contribution >= 0.6 is 0 Å². The lowest BCUT2D eigenvalue weighted by Crippen LogP contribution is -2.31. The Morgan fingerprint density at radius 1 is 1.20 bits per heavy atom. The van der Waals surface area contributed by atoms with Crippen LogP contribution in [0, 0.1) is 0 Å². The molecule has 0 fully saturated rings. The van der Waals surface area contributed by atoms with Crippen LogP contribution in [-0.4, -0.2) is 26.9 Å². The maximum Gasteiger partial charge on any atom is 0.123 e. The molecule has 1 rings (SSSR count). The first-order valence-electron chi connectivity index (χ1n) is 6.70. The predicted molar refractivity (Wildman–Crippen MR) is 79.9 cm³/mol. The molecule has 0 amide bonds. The van der Waals surface area contributed by atoms with E-state index in [0.29, 0.717) is 0 Å². The molecule has 0 spiro atoms. The maximum atomic E-state index is 5.70. The smallest absolute Gasteiger partial charge is 0.123 e. The van der Waals surface area contributed by atoms with Crippen molar-refractivity contribution < 1.29 is 14.2 Å². The molecule has 1 unspecified atom stereocenters. The van der Waals surface area contributed by atoms with Crippen LogP contribution in [0.2, 0.25) is 0 Å². The maximum absolute atomic E-state index is 5.70. The van der Waals surface area contributed by atoms with Crippen molar-refractivity contribution in [1.29, 1.82) is 0 Å². The summed E-state index contributed by atoms with van der Waals surface area (Å²) in [5, 5.41) is 0. The number of nitrogens with one attached hydrogen (secondary N) is 1. The zero-order chi connectivity index (χ0) is 15.2. The first-order chi connectivity index (χ1) is 9.47. The second-order valence-electron chi connectivity index (χ2n) is 5.33. The zero-order valence-electron chi connectivity index (χ0n) is 13.0. The van der Waals surface area contributed by atoms with E-state index in [2.05, 4.69) is 19.3 Å². The van der Waals surface area contributed by atoms with E-state index in [4.69, 9.17) is 20.1 Å². The molecular formula is C15H26N2O3. The molecule has 0 saturated carbocycles. The highest BCUT2D eigenvalue weighted by Gasteiger charge is 2.22. The largest absolute Gasteiger partial charge is 0.497 e. The minimum Gasteiger partial charge on any atom is -0.497 e. The van der Waals surface area contributed by atoms with Gasteiger partial charge in [0.05, 0.1) is 19.8 Å². The van der Waals surface area contributed by atoms with E-state index in [-0.39, 0.29) is 11.6 Å². The normalized spacial score (nSPS) is 13.1. The van der Waals surface area contributed by atoms with Gasteiger partial charge in [-0.05, 0) is 44.9 Å². The molecule has 0 bridgehead atoms. The molecule has 0 aliphatic heterocycles. The second-order valence-corrected chi connectivity index (χ2v) is 5.33. The van der Waals surface area contributed by atoms with Gasteiger partial charge in [0.1, 0.15) is 11.5 Å². The summed E-state index contributed by atoms with van der Waals surface area (Å²) in [5.41, 5.74) is 3.66. The predicted octanol–water partition coefficient (Wildman–Crippen LogP) is 2.41. The van der Waals surface area contributed by atoms with Crippen molar-refractivity contribution in [2.45, 2.75) is 38.3 Å². The highest BCUT2D eigenvalue weighted by atomic mass is 16.5. The minimum atomic E-state index is -0.179. The van der Waals surface area contributed by atoms with E-state index in [9.17, 15) is 0 Å². The average Bonchev–Trinajstić information content (AvgIpc) is 2.47. The summed E-state index contributed by atoms with van der Waals surface area (Å²) < 4.78 is 16.1. The van der Waals surface area contributed by atoms with Gasteiger partial charge in [0, 0.05) is 18.7 Å². The van der Waals surface area contributed by atoms with E-state index in [0.717, 1.165) is 29.9 Å². The van der Waals surface area contributed by atoms with Crippen LogP contribution in [0.15, 0.2) is 18.2 Å². The number of ether oxygens (including phenoxy) is 3. The van der Waals surface area contributed by atoms with E-state index < -0.39 is 0 Å². The Kier molecular flexibility index (Phi) is 6.26. The Hall–Kier alpha value is -1.30. The van der Waals surface area contributed by atoms with Gasteiger partial charge in [0.25, 0.3) is 0 Å². The SMILES string of the molecule is COc1ccc(OC)c(C(CCC(C)(C)OC)NN)c1. The van der Waals surface area contributed by atoms with Gasteiger partial charge in [-0.2, -0.15) is 0 Å². The van der Waals surface area contributed by atoms with Crippen LogP contribution in [0.3, 0.4) is 0 Å². The number of rotatable bonds is 8. The van der Waals surface area contributed by atoms with Gasteiger partial charge < -0.3 is 14.2 Å². The molecule has 5 nitrogen and oxygen atoms in total. The summed E-state index contributed by atoms with van der Waals surface area (Å²) in [6.45, 7) is 4.12. The first kappa shape index (κ1) is 16.8. The third-order valence-corrected chi connectivity index (χ3v) is 3.60. The molecule has 1 atom stereocenters. The lowest BCUT2D eigenvalue weighted by atomic mass is 9.94. The fourth-order valence-electron chi connectivity index (χ4n) is 2.03. The quantitative estimate of drug-likeness (QED) is 0.566. The molecule has 5 heteroatoms. The van der Waals surface area contributed by atoms with E-state index in [1.807, 2.05) is 18.2 Å². The lowest BCUT2D eigenvalue weighted by Gasteiger charge is -2.26. The summed E-state index contributed by atoms with van der Waals surface area (Å²) in [6.07, 6.45) is 1.71. The Bertz CT molecular complexity index is 422. The number of hydrazine groups is 1. The van der Waals surface area contributed by atoms with Crippen LogP contribution in [0.4, 0.5) is 0 Å². The third kappa shape index (κ3) is 4.37. The highest BCUT2D eigenvalue weighted by Crippen LogP contribution is 2.32. The van der Waals surface area contributed by atoms with Gasteiger partial charge in [-0.15, -0.1) is 0 Å². The number of benzene rings is 1. The Morgan fingerprint density at radius 2 is 1.90 bits per heavy atom. The van der Waals surface area contributed by atoms with Crippen molar-refractivity contribution in [3.8, 4) is 11.5 Å². The van der Waals surface area contributed by atoms with Crippen molar-refractivity contribution in [1.82, 2.24) is 5.43 Å². The Morgan fingerprint density at radius 3 is 2.40 bits per heavy atom. The molecule has 0 aliphatic carbocycles. The van der Waals surface area contributed by atoms with Gasteiger partial charge in [0.15, 0.2) is 0 Å². The Balaban J connectivity index is 2.93. The monoisotopic (exact) mass is 282 g/mol. The highest BCUT2D eigenvalue weighted by molar-refractivity contribution is 5.42. The van der Waals surface area contributed by atoms with Crippen LogP contribution in [0.1, 0.15) is 38.3 Å². The molecule has 1 aromatic rings. The van der Waals surface area contributed by atoms with Gasteiger partial charge >= 0.3 is 0 Å². The molecule has 0 heterocycles. The molecule has 114 valence electrons. The lowest BCUT2D eigenvalue weighted by molar-refractivity contribution is 0.0116. The topological polar surface area (TPSA) is 65.7 Å². The molecule has 0 aromatic heterocycles. The second kappa shape index (κ2) is 7.47. The zero-order valence-corrected chi connectivity index (χ0v) is 13.0. The van der Waals surface area contributed by atoms with E-state index in [1.165, 1.54) is 0 Å². The summed E-state index contributed by atoms with van der Waals surface area (Å²) in [5.74, 6) is 7.28. The van der Waals surface area contributed by atoms with Gasteiger partial charge in [-0.1, -0.05) is 0 Å². The van der Waals surface area contributed by atoms with Crippen LogP contribution in [-0.2, 0) is 4.74 Å². The third-order valence-electron chi connectivity index (χ3n) is 3.60. The van der Waals surface area contributed by atoms with Crippen LogP contribution in [0.5, 0.6) is 11.5 Å². The molecular weight excluding hydrogens is 256 g/mol. The standard InChI is InChI=1S/C15H26N2O3/c1-15(2,20-5)9-8-13(17-16)12-10-11(18-3)6-7-14(12)19-4/h6-7,10,13,17H,8-9,16H2,1-5H3. The number of hydrogen-bond donors (Lipinski definition) is 2. The van der Waals surface area contributed by atoms with Crippen molar-refractivity contribution in [2.75, 3.05) is 21.3 Å². The average molecular weight is 282 g/mol. The molecule has 0 radical (unpaired) electrons. The molecule has 0 saturated heterocycles. The fraction of sp³-hybridized carbons (Fsp3) is 0.600. The van der Waals surface area contributed by atoms with Crippen molar-refractivity contribution in [3.63, 3.8) is 0 Å². The van der Waals surface area contributed by atoms with Gasteiger partial charge in [-0.3, -0.25) is 11.3 Å². The molecule has 20 heavy (non-hydrogen) atoms. The summed E-state index contributed by atoms with van der Waals surface area (Å²) in [6, 6.07) is 5.69. The van der Waals surface area contributed by atoms with Crippen molar-refractivity contribution in [3.05, 3.63) is 23.8 Å². The fourth-order valence-corrected chi connectivity index (χ4v) is 2.03. The van der Waals surface area contributed by atoms with Gasteiger partial charge in [-0.25, -0.2) is 0 Å². The van der Waals surface area contributed by atoms with Crippen LogP contribution < -0.4 is 20.7 Å². The number of nitrogens with two attached hydrogens (primary N) is 1. The van der Waals surface area contributed by atoms with Crippen molar-refractivity contribution >= 4 is 0 Å². The number of methoxy groups -OCH3 is 3. The molecule has 0 aliphatic rings. The summed E-state index contributed by atoms with van der Waals surface area (Å²) in [7, 11) is 5.01. The van der Waals surface area contributed by atoms with E-state index >= 15 is 0 Å². The van der Waals surface area contributed by atoms with E-state index in [1.54, 1.807) is 21.3 Å². The summed E-state index contributed by atoms with van der Waals surface area (Å²) >= 11 is 0. The molecule has 1 aromatic carbocycles.